The van der Waals surface area contributed by atoms with Gasteiger partial charge in [-0.05, 0) is 46.7 Å². The van der Waals surface area contributed by atoms with Crippen LogP contribution in [0.15, 0.2) is 63.5 Å². The van der Waals surface area contributed by atoms with Crippen LogP contribution in [0.4, 0.5) is 5.69 Å². The fourth-order valence-electron chi connectivity index (χ4n) is 2.56. The minimum Gasteiger partial charge on any atom is -0.378 e. The highest BCUT2D eigenvalue weighted by Crippen LogP contribution is 2.33. The van der Waals surface area contributed by atoms with Gasteiger partial charge in [-0.1, -0.05) is 18.2 Å². The summed E-state index contributed by atoms with van der Waals surface area (Å²) in [5.41, 5.74) is -0.110. The number of carbonyl (C=O) groups excluding carboxylic acids is 2. The van der Waals surface area contributed by atoms with E-state index in [1.165, 1.54) is 34.4 Å². The summed E-state index contributed by atoms with van der Waals surface area (Å²) >= 11 is 4.34. The van der Waals surface area contributed by atoms with Crippen LogP contribution in [0.3, 0.4) is 0 Å². The largest absolute Gasteiger partial charge is 0.378 e. The lowest BCUT2D eigenvalue weighted by molar-refractivity contribution is -0.136. The standard InChI is InChI=1S/C19H18N2O3S3/c1-25-15-6-3-2-5-14(15)21-18(23)17(22)20-12-19(24,13-8-10-26-11-13)16-7-4-9-27-16/h2-11,24H,12H2,1H3,(H,20,22)(H,21,23). The van der Waals surface area contributed by atoms with Crippen LogP contribution in [0.2, 0.25) is 0 Å². The molecule has 0 radical (unpaired) electrons. The van der Waals surface area contributed by atoms with E-state index in [1.54, 1.807) is 12.1 Å². The fraction of sp³-hybridized carbons (Fsp3) is 0.158. The van der Waals surface area contributed by atoms with Gasteiger partial charge in [-0.2, -0.15) is 11.3 Å². The zero-order chi connectivity index (χ0) is 19.3. The second kappa shape index (κ2) is 8.71. The summed E-state index contributed by atoms with van der Waals surface area (Å²) in [6, 6.07) is 12.7. The third kappa shape index (κ3) is 4.41. The lowest BCUT2D eigenvalue weighted by Crippen LogP contribution is -2.44. The highest BCUT2D eigenvalue weighted by molar-refractivity contribution is 7.98. The highest BCUT2D eigenvalue weighted by atomic mass is 32.2. The van der Waals surface area contributed by atoms with Crippen molar-refractivity contribution in [3.05, 3.63) is 69.0 Å². The Kier molecular flexibility index (Phi) is 6.33. The Bertz CT molecular complexity index is 874. The van der Waals surface area contributed by atoms with Crippen molar-refractivity contribution in [3.8, 4) is 0 Å². The second-order valence-electron chi connectivity index (χ2n) is 5.69. The molecule has 0 aliphatic rings. The van der Waals surface area contributed by atoms with Gasteiger partial charge in [0.05, 0.1) is 12.2 Å². The molecule has 0 bridgehead atoms. The molecular weight excluding hydrogens is 400 g/mol. The Morgan fingerprint density at radius 1 is 1.11 bits per heavy atom. The van der Waals surface area contributed by atoms with Gasteiger partial charge in [0, 0.05) is 15.3 Å². The van der Waals surface area contributed by atoms with Crippen LogP contribution in [-0.4, -0.2) is 29.7 Å². The van der Waals surface area contributed by atoms with Crippen molar-refractivity contribution in [1.82, 2.24) is 5.32 Å². The number of nitrogens with one attached hydrogen (secondary N) is 2. The monoisotopic (exact) mass is 418 g/mol. The Morgan fingerprint density at radius 2 is 1.93 bits per heavy atom. The molecule has 8 heteroatoms. The molecule has 0 aliphatic carbocycles. The normalized spacial score (nSPS) is 13.0. The summed E-state index contributed by atoms with van der Waals surface area (Å²) in [6.45, 7) is -0.0966. The van der Waals surface area contributed by atoms with Crippen LogP contribution in [0, 0.1) is 0 Å². The number of anilines is 1. The highest BCUT2D eigenvalue weighted by Gasteiger charge is 2.34. The predicted molar refractivity (Wildman–Crippen MR) is 111 cm³/mol. The Morgan fingerprint density at radius 3 is 2.59 bits per heavy atom. The minimum absolute atomic E-state index is 0.0966. The van der Waals surface area contributed by atoms with Gasteiger partial charge in [-0.3, -0.25) is 9.59 Å². The summed E-state index contributed by atoms with van der Waals surface area (Å²) in [5, 5.41) is 21.9. The number of para-hydroxylation sites is 1. The van der Waals surface area contributed by atoms with Crippen LogP contribution in [0.1, 0.15) is 10.4 Å². The zero-order valence-corrected chi connectivity index (χ0v) is 16.9. The fourth-order valence-corrected chi connectivity index (χ4v) is 4.68. The predicted octanol–water partition coefficient (Wildman–Crippen LogP) is 3.52. The van der Waals surface area contributed by atoms with E-state index in [9.17, 15) is 14.7 Å². The number of amides is 2. The second-order valence-corrected chi connectivity index (χ2v) is 8.26. The molecule has 1 atom stereocenters. The first-order chi connectivity index (χ1) is 13.0. The van der Waals surface area contributed by atoms with E-state index in [-0.39, 0.29) is 6.54 Å². The van der Waals surface area contributed by atoms with Crippen LogP contribution in [-0.2, 0) is 15.2 Å². The molecular formula is C19H18N2O3S3. The van der Waals surface area contributed by atoms with E-state index in [0.717, 1.165) is 4.90 Å². The number of hydrogen-bond acceptors (Lipinski definition) is 6. The number of benzene rings is 1. The van der Waals surface area contributed by atoms with E-state index < -0.39 is 17.4 Å². The first-order valence-electron chi connectivity index (χ1n) is 8.06. The molecule has 0 saturated carbocycles. The third-order valence-corrected chi connectivity index (χ3v) is 6.49. The summed E-state index contributed by atoms with van der Waals surface area (Å²) < 4.78 is 0. The van der Waals surface area contributed by atoms with E-state index in [2.05, 4.69) is 10.6 Å². The topological polar surface area (TPSA) is 78.4 Å². The number of thiophene rings is 2. The van der Waals surface area contributed by atoms with Crippen molar-refractivity contribution in [1.29, 1.82) is 0 Å². The average Bonchev–Trinajstić information content (AvgIpc) is 3.40. The smallest absolute Gasteiger partial charge is 0.313 e. The average molecular weight is 419 g/mol. The van der Waals surface area contributed by atoms with Crippen molar-refractivity contribution >= 4 is 51.9 Å². The SMILES string of the molecule is CSc1ccccc1NC(=O)C(=O)NCC(O)(c1ccsc1)c1cccs1. The molecule has 0 aliphatic heterocycles. The lowest BCUT2D eigenvalue weighted by Gasteiger charge is -2.26. The third-order valence-electron chi connectivity index (χ3n) is 3.99. The van der Waals surface area contributed by atoms with Crippen molar-refractivity contribution < 1.29 is 14.7 Å². The van der Waals surface area contributed by atoms with Crippen molar-refractivity contribution in [2.24, 2.45) is 0 Å². The van der Waals surface area contributed by atoms with E-state index in [1.807, 2.05) is 52.7 Å². The van der Waals surface area contributed by atoms with Crippen molar-refractivity contribution in [2.45, 2.75) is 10.5 Å². The van der Waals surface area contributed by atoms with Crippen molar-refractivity contribution in [3.63, 3.8) is 0 Å². The molecule has 1 aromatic carbocycles. The van der Waals surface area contributed by atoms with Crippen LogP contribution in [0.25, 0.3) is 0 Å². The van der Waals surface area contributed by atoms with Crippen LogP contribution < -0.4 is 10.6 Å². The summed E-state index contributed by atoms with van der Waals surface area (Å²) in [6.07, 6.45) is 1.90. The minimum atomic E-state index is -1.37. The van der Waals surface area contributed by atoms with Crippen molar-refractivity contribution in [2.75, 3.05) is 18.1 Å². The molecule has 140 valence electrons. The molecule has 1 unspecified atom stereocenters. The van der Waals surface area contributed by atoms with Gasteiger partial charge in [0.1, 0.15) is 5.60 Å². The van der Waals surface area contributed by atoms with Gasteiger partial charge in [0.25, 0.3) is 0 Å². The van der Waals surface area contributed by atoms with Gasteiger partial charge < -0.3 is 15.7 Å². The number of hydrogen-bond donors (Lipinski definition) is 3. The molecule has 2 amide bonds. The van der Waals surface area contributed by atoms with E-state index >= 15 is 0 Å². The van der Waals surface area contributed by atoms with Crippen LogP contribution in [0.5, 0.6) is 0 Å². The summed E-state index contributed by atoms with van der Waals surface area (Å²) in [7, 11) is 0. The summed E-state index contributed by atoms with van der Waals surface area (Å²) in [4.78, 5) is 26.1. The molecule has 3 aromatic rings. The first kappa shape index (κ1) is 19.6. The maximum absolute atomic E-state index is 12.3. The molecule has 0 spiro atoms. The van der Waals surface area contributed by atoms with Gasteiger partial charge in [-0.15, -0.1) is 23.1 Å². The molecule has 5 nitrogen and oxygen atoms in total. The molecule has 27 heavy (non-hydrogen) atoms. The lowest BCUT2D eigenvalue weighted by atomic mass is 9.94. The van der Waals surface area contributed by atoms with Crippen LogP contribution >= 0.6 is 34.4 Å². The maximum Gasteiger partial charge on any atom is 0.313 e. The van der Waals surface area contributed by atoms with E-state index in [4.69, 9.17) is 0 Å². The number of aliphatic hydroxyl groups is 1. The van der Waals surface area contributed by atoms with Gasteiger partial charge in [-0.25, -0.2) is 0 Å². The Labute approximate surface area is 169 Å². The summed E-state index contributed by atoms with van der Waals surface area (Å²) in [5.74, 6) is -1.56. The quantitative estimate of drug-likeness (QED) is 0.423. The van der Waals surface area contributed by atoms with E-state index in [0.29, 0.717) is 16.1 Å². The number of carbonyl (C=O) groups is 2. The van der Waals surface area contributed by atoms with Gasteiger partial charge in [0.15, 0.2) is 0 Å². The van der Waals surface area contributed by atoms with Gasteiger partial charge in [0.2, 0.25) is 0 Å². The molecule has 2 aromatic heterocycles. The molecule has 2 heterocycles. The Hall–Kier alpha value is -2.13. The number of thioether (sulfide) groups is 1. The number of rotatable bonds is 6. The molecule has 3 rings (SSSR count). The zero-order valence-electron chi connectivity index (χ0n) is 14.5. The molecule has 3 N–H and O–H groups in total. The Balaban J connectivity index is 1.70. The van der Waals surface area contributed by atoms with Gasteiger partial charge >= 0.3 is 11.8 Å². The maximum atomic E-state index is 12.3. The molecule has 0 saturated heterocycles. The first-order valence-corrected chi connectivity index (χ1v) is 11.1. The molecule has 0 fully saturated rings.